The number of benzene rings is 1. The highest BCUT2D eigenvalue weighted by atomic mass is 16.5. The van der Waals surface area contributed by atoms with Crippen LogP contribution in [0.4, 0.5) is 5.69 Å². The summed E-state index contributed by atoms with van der Waals surface area (Å²) in [5.74, 6) is 4.07. The Hall–Kier alpha value is -2.97. The summed E-state index contributed by atoms with van der Waals surface area (Å²) in [6, 6.07) is 4.13. The van der Waals surface area contributed by atoms with E-state index in [9.17, 15) is 0 Å². The topological polar surface area (TPSA) is 94.8 Å². The molecule has 29 heavy (non-hydrogen) atoms. The molecule has 0 atom stereocenters. The molecule has 158 valence electrons. The highest BCUT2D eigenvalue weighted by molar-refractivity contribution is 5.94. The lowest BCUT2D eigenvalue weighted by Gasteiger charge is -2.19. The number of anilines is 1. The van der Waals surface area contributed by atoms with E-state index in [0.717, 1.165) is 30.2 Å². The molecule has 9 heteroatoms. The van der Waals surface area contributed by atoms with E-state index in [1.54, 1.807) is 21.3 Å². The molecule has 0 saturated heterocycles. The van der Waals surface area contributed by atoms with Crippen LogP contribution in [0, 0.1) is 6.92 Å². The Morgan fingerprint density at radius 1 is 1.10 bits per heavy atom. The Kier molecular flexibility index (Phi) is 6.79. The first-order valence-electron chi connectivity index (χ1n) is 9.78. The first-order chi connectivity index (χ1) is 14.0. The minimum Gasteiger partial charge on any atom is -0.493 e. The molecule has 1 aliphatic carbocycles. The molecule has 0 spiro atoms. The molecule has 9 nitrogen and oxygen atoms in total. The Balaban J connectivity index is 1.85. The average molecular weight is 402 g/mol. The number of hydrogen-bond acceptors (Lipinski definition) is 6. The second kappa shape index (κ2) is 9.49. The molecule has 1 aliphatic rings. The molecule has 1 aromatic heterocycles. The number of nitrogens with zero attached hydrogens (tertiary/aromatic N) is 4. The van der Waals surface area contributed by atoms with E-state index in [1.807, 2.05) is 30.7 Å². The summed E-state index contributed by atoms with van der Waals surface area (Å²) < 4.78 is 18.3. The number of aromatic nitrogens is 3. The number of aliphatic imine (C=N–C) groups is 1. The average Bonchev–Trinajstić information content (AvgIpc) is 3.35. The van der Waals surface area contributed by atoms with Crippen LogP contribution >= 0.6 is 0 Å². The zero-order chi connectivity index (χ0) is 20.8. The summed E-state index contributed by atoms with van der Waals surface area (Å²) in [5.41, 5.74) is 0.790. The van der Waals surface area contributed by atoms with E-state index in [4.69, 9.17) is 19.2 Å². The van der Waals surface area contributed by atoms with Crippen molar-refractivity contribution in [3.8, 4) is 17.2 Å². The molecule has 1 aromatic carbocycles. The van der Waals surface area contributed by atoms with E-state index in [0.29, 0.717) is 35.8 Å². The molecule has 1 fully saturated rings. The molecule has 0 unspecified atom stereocenters. The quantitative estimate of drug-likeness (QED) is 0.543. The second-order valence-corrected chi connectivity index (χ2v) is 7.05. The van der Waals surface area contributed by atoms with E-state index in [2.05, 4.69) is 20.8 Å². The lowest BCUT2D eigenvalue weighted by molar-refractivity contribution is 0.324. The van der Waals surface area contributed by atoms with Gasteiger partial charge in [-0.2, -0.15) is 0 Å². The van der Waals surface area contributed by atoms with Crippen LogP contribution in [0.15, 0.2) is 17.1 Å². The van der Waals surface area contributed by atoms with Gasteiger partial charge in [0.1, 0.15) is 12.4 Å². The van der Waals surface area contributed by atoms with Gasteiger partial charge in [0.25, 0.3) is 0 Å². The van der Waals surface area contributed by atoms with Crippen molar-refractivity contribution < 1.29 is 14.2 Å². The first kappa shape index (κ1) is 20.8. The first-order valence-corrected chi connectivity index (χ1v) is 9.78. The highest BCUT2D eigenvalue weighted by Crippen LogP contribution is 2.39. The van der Waals surface area contributed by atoms with Gasteiger partial charge in [0, 0.05) is 30.9 Å². The summed E-state index contributed by atoms with van der Waals surface area (Å²) in [6.45, 7) is 2.34. The monoisotopic (exact) mass is 402 g/mol. The van der Waals surface area contributed by atoms with Gasteiger partial charge in [-0.3, -0.25) is 0 Å². The van der Waals surface area contributed by atoms with Crippen LogP contribution in [0.5, 0.6) is 17.2 Å². The number of rotatable bonds is 7. The van der Waals surface area contributed by atoms with E-state index >= 15 is 0 Å². The fourth-order valence-electron chi connectivity index (χ4n) is 3.41. The number of methoxy groups -OCH3 is 3. The number of nitrogens with one attached hydrogen (secondary N) is 2. The van der Waals surface area contributed by atoms with Crippen molar-refractivity contribution in [2.75, 3.05) is 26.6 Å². The third-order valence-corrected chi connectivity index (χ3v) is 5.18. The summed E-state index contributed by atoms with van der Waals surface area (Å²) in [5, 5.41) is 15.2. The van der Waals surface area contributed by atoms with E-state index < -0.39 is 0 Å². The number of ether oxygens (including phenoxy) is 3. The normalized spacial score (nSPS) is 14.7. The van der Waals surface area contributed by atoms with E-state index in [1.165, 1.54) is 12.8 Å². The van der Waals surface area contributed by atoms with Crippen molar-refractivity contribution in [3.63, 3.8) is 0 Å². The van der Waals surface area contributed by atoms with Gasteiger partial charge in [-0.25, -0.2) is 4.99 Å². The second-order valence-electron chi connectivity index (χ2n) is 7.05. The predicted octanol–water partition coefficient (Wildman–Crippen LogP) is 2.65. The van der Waals surface area contributed by atoms with Crippen molar-refractivity contribution in [1.82, 2.24) is 20.1 Å². The molecule has 0 radical (unpaired) electrons. The van der Waals surface area contributed by atoms with Crippen LogP contribution in [0.2, 0.25) is 0 Å². The van der Waals surface area contributed by atoms with Crippen molar-refractivity contribution in [2.24, 2.45) is 12.0 Å². The van der Waals surface area contributed by atoms with Gasteiger partial charge >= 0.3 is 0 Å². The Bertz CT molecular complexity index is 833. The van der Waals surface area contributed by atoms with Crippen molar-refractivity contribution >= 4 is 11.6 Å². The third kappa shape index (κ3) is 4.90. The summed E-state index contributed by atoms with van der Waals surface area (Å²) >= 11 is 0. The Morgan fingerprint density at radius 2 is 1.76 bits per heavy atom. The fraction of sp³-hybridized carbons (Fsp3) is 0.550. The van der Waals surface area contributed by atoms with Crippen LogP contribution in [-0.4, -0.2) is 48.1 Å². The van der Waals surface area contributed by atoms with Crippen molar-refractivity contribution in [3.05, 3.63) is 23.8 Å². The maximum atomic E-state index is 5.46. The lowest BCUT2D eigenvalue weighted by Crippen LogP contribution is -2.37. The van der Waals surface area contributed by atoms with Gasteiger partial charge in [-0.05, 0) is 19.8 Å². The smallest absolute Gasteiger partial charge is 0.203 e. The molecular weight excluding hydrogens is 372 g/mol. The maximum absolute atomic E-state index is 5.46. The van der Waals surface area contributed by atoms with E-state index in [-0.39, 0.29) is 0 Å². The standard InChI is InChI=1S/C20H30N6O3/c1-13-24-25-18(26(13)2)12-21-20(22-14-8-6-7-9-14)23-15-10-16(27-3)19(29-5)17(11-15)28-4/h10-11,14H,6-9,12H2,1-5H3,(H2,21,22,23). The van der Waals surface area contributed by atoms with Gasteiger partial charge in [-0.15, -0.1) is 10.2 Å². The number of guanidine groups is 1. The van der Waals surface area contributed by atoms with Crippen LogP contribution in [-0.2, 0) is 13.6 Å². The van der Waals surface area contributed by atoms with Crippen molar-refractivity contribution in [2.45, 2.75) is 45.2 Å². The van der Waals surface area contributed by atoms with Crippen LogP contribution in [0.1, 0.15) is 37.3 Å². The molecular formula is C20H30N6O3. The van der Waals surface area contributed by atoms with Gasteiger partial charge in [0.15, 0.2) is 23.3 Å². The molecule has 3 rings (SSSR count). The fourth-order valence-corrected chi connectivity index (χ4v) is 3.41. The van der Waals surface area contributed by atoms with Crippen LogP contribution < -0.4 is 24.8 Å². The van der Waals surface area contributed by atoms with Crippen LogP contribution in [0.3, 0.4) is 0 Å². The Labute approximate surface area is 171 Å². The summed E-state index contributed by atoms with van der Waals surface area (Å²) in [7, 11) is 6.73. The zero-order valence-corrected chi connectivity index (χ0v) is 17.8. The Morgan fingerprint density at radius 3 is 2.28 bits per heavy atom. The molecule has 0 amide bonds. The molecule has 0 aliphatic heterocycles. The molecule has 2 N–H and O–H groups in total. The third-order valence-electron chi connectivity index (χ3n) is 5.18. The lowest BCUT2D eigenvalue weighted by atomic mass is 10.2. The largest absolute Gasteiger partial charge is 0.493 e. The highest BCUT2D eigenvalue weighted by Gasteiger charge is 2.18. The number of hydrogen-bond donors (Lipinski definition) is 2. The molecule has 2 aromatic rings. The minimum atomic E-state index is 0.407. The van der Waals surface area contributed by atoms with Gasteiger partial charge < -0.3 is 29.4 Å². The maximum Gasteiger partial charge on any atom is 0.203 e. The van der Waals surface area contributed by atoms with Crippen molar-refractivity contribution in [1.29, 1.82) is 0 Å². The van der Waals surface area contributed by atoms with Gasteiger partial charge in [-0.1, -0.05) is 12.8 Å². The molecule has 1 saturated carbocycles. The summed E-state index contributed by atoms with van der Waals surface area (Å²) in [6.07, 6.45) is 4.74. The molecule has 1 heterocycles. The zero-order valence-electron chi connectivity index (χ0n) is 17.8. The number of aryl methyl sites for hydroxylation is 1. The molecule has 0 bridgehead atoms. The SMILES string of the molecule is COc1cc(NC(=NCc2nnc(C)n2C)NC2CCCC2)cc(OC)c1OC. The summed E-state index contributed by atoms with van der Waals surface area (Å²) in [4.78, 5) is 4.74. The predicted molar refractivity (Wildman–Crippen MR) is 112 cm³/mol. The minimum absolute atomic E-state index is 0.407. The van der Waals surface area contributed by atoms with Gasteiger partial charge in [0.2, 0.25) is 5.75 Å². The van der Waals surface area contributed by atoms with Crippen LogP contribution in [0.25, 0.3) is 0 Å². The van der Waals surface area contributed by atoms with Gasteiger partial charge in [0.05, 0.1) is 21.3 Å².